The van der Waals surface area contributed by atoms with Crippen molar-refractivity contribution in [2.75, 3.05) is 0 Å². The number of nitrogens with zero attached hydrogens (tertiary/aromatic N) is 1. The molecular formula is C6H10N2O2. The molecule has 1 heterocycles. The lowest BCUT2D eigenvalue weighted by molar-refractivity contribution is 0.273. The summed E-state index contributed by atoms with van der Waals surface area (Å²) in [6.45, 7) is 1.80. The molecule has 0 fully saturated rings. The maximum Gasteiger partial charge on any atom is 0.357 e. The van der Waals surface area contributed by atoms with Crippen LogP contribution >= 0.6 is 0 Å². The minimum Gasteiger partial charge on any atom is -0.336 e. The van der Waals surface area contributed by atoms with Gasteiger partial charge in [-0.2, -0.15) is 0 Å². The fourth-order valence-corrected chi connectivity index (χ4v) is 0.844. The van der Waals surface area contributed by atoms with E-state index in [9.17, 15) is 4.79 Å². The Kier molecular flexibility index (Phi) is 1.63. The predicted octanol–water partition coefficient (Wildman–Crippen LogP) is -0.00200. The second-order valence-corrected chi connectivity index (χ2v) is 2.27. The smallest absolute Gasteiger partial charge is 0.336 e. The Labute approximate surface area is 58.2 Å². The summed E-state index contributed by atoms with van der Waals surface area (Å²) in [6.07, 6.45) is 0. The molecule has 0 aliphatic carbocycles. The summed E-state index contributed by atoms with van der Waals surface area (Å²) in [5.74, 6) is 0. The summed E-state index contributed by atoms with van der Waals surface area (Å²) in [7, 11) is 1.65. The molecule has 4 heteroatoms. The normalized spacial score (nSPS) is 13.5. The van der Waals surface area contributed by atoms with Crippen LogP contribution in [-0.2, 0) is 7.05 Å². The largest absolute Gasteiger partial charge is 0.357 e. The fourth-order valence-electron chi connectivity index (χ4n) is 0.844. The first kappa shape index (κ1) is 7.08. The van der Waals surface area contributed by atoms with E-state index >= 15 is 0 Å². The molecule has 0 spiro atoms. The van der Waals surface area contributed by atoms with E-state index in [2.05, 4.69) is 4.52 Å². The monoisotopic (exact) mass is 142 g/mol. The molecule has 4 nitrogen and oxygen atoms in total. The molecule has 0 aromatic carbocycles. The first-order valence-electron chi connectivity index (χ1n) is 3.04. The van der Waals surface area contributed by atoms with Gasteiger partial charge in [0.2, 0.25) is 0 Å². The second-order valence-electron chi connectivity index (χ2n) is 2.27. The first-order chi connectivity index (χ1) is 4.61. The highest BCUT2D eigenvalue weighted by Gasteiger charge is 2.06. The zero-order valence-electron chi connectivity index (χ0n) is 6.00. The Morgan fingerprint density at radius 1 is 1.80 bits per heavy atom. The average Bonchev–Trinajstić information content (AvgIpc) is 2.10. The molecule has 0 aliphatic rings. The van der Waals surface area contributed by atoms with E-state index in [4.69, 9.17) is 5.73 Å². The topological polar surface area (TPSA) is 61.2 Å². The molecular weight excluding hydrogens is 132 g/mol. The van der Waals surface area contributed by atoms with E-state index in [0.717, 1.165) is 0 Å². The number of aryl methyl sites for hydroxylation is 1. The van der Waals surface area contributed by atoms with Crippen LogP contribution in [0.2, 0.25) is 0 Å². The Morgan fingerprint density at radius 2 is 2.40 bits per heavy atom. The van der Waals surface area contributed by atoms with Crippen molar-refractivity contribution < 1.29 is 4.52 Å². The SMILES string of the molecule is C[C@H](N)c1cc(=O)on1C. The summed E-state index contributed by atoms with van der Waals surface area (Å²) in [5.41, 5.74) is 5.87. The lowest BCUT2D eigenvalue weighted by Gasteiger charge is -2.01. The van der Waals surface area contributed by atoms with E-state index in [1.165, 1.54) is 10.8 Å². The molecule has 1 aromatic heterocycles. The van der Waals surface area contributed by atoms with Gasteiger partial charge in [0, 0.05) is 19.2 Å². The number of aromatic nitrogens is 1. The Bertz CT molecular complexity index is 272. The van der Waals surface area contributed by atoms with E-state index < -0.39 is 0 Å². The standard InChI is InChI=1S/C6H10N2O2/c1-4(7)5-3-6(9)10-8(5)2/h3-4H,7H2,1-2H3/t4-/m0/s1. The van der Waals surface area contributed by atoms with Crippen LogP contribution < -0.4 is 11.4 Å². The van der Waals surface area contributed by atoms with Crippen molar-refractivity contribution in [3.05, 3.63) is 22.2 Å². The third-order valence-corrected chi connectivity index (χ3v) is 1.32. The van der Waals surface area contributed by atoms with Gasteiger partial charge in [0.15, 0.2) is 0 Å². The molecule has 0 aliphatic heterocycles. The van der Waals surface area contributed by atoms with Gasteiger partial charge in [0.1, 0.15) is 0 Å². The van der Waals surface area contributed by atoms with Gasteiger partial charge in [0.25, 0.3) is 0 Å². The van der Waals surface area contributed by atoms with Crippen LogP contribution in [0.5, 0.6) is 0 Å². The molecule has 1 atom stereocenters. The van der Waals surface area contributed by atoms with Gasteiger partial charge in [-0.15, -0.1) is 0 Å². The highest BCUT2D eigenvalue weighted by atomic mass is 16.5. The van der Waals surface area contributed by atoms with Gasteiger partial charge in [-0.25, -0.2) is 9.53 Å². The van der Waals surface area contributed by atoms with Crippen LogP contribution in [-0.4, -0.2) is 4.74 Å². The van der Waals surface area contributed by atoms with Crippen molar-refractivity contribution in [2.24, 2.45) is 12.8 Å². The maximum atomic E-state index is 10.6. The highest BCUT2D eigenvalue weighted by Crippen LogP contribution is 2.04. The van der Waals surface area contributed by atoms with Crippen LogP contribution in [0, 0.1) is 0 Å². The highest BCUT2D eigenvalue weighted by molar-refractivity contribution is 5.02. The summed E-state index contributed by atoms with van der Waals surface area (Å²) < 4.78 is 6.04. The third kappa shape index (κ3) is 1.11. The Morgan fingerprint density at radius 3 is 2.60 bits per heavy atom. The van der Waals surface area contributed by atoms with Gasteiger partial charge < -0.3 is 10.3 Å². The second kappa shape index (κ2) is 2.30. The number of hydrogen-bond donors (Lipinski definition) is 1. The van der Waals surface area contributed by atoms with Crippen LogP contribution in [0.4, 0.5) is 0 Å². The van der Waals surface area contributed by atoms with Crippen molar-refractivity contribution in [1.29, 1.82) is 0 Å². The van der Waals surface area contributed by atoms with Gasteiger partial charge in [0.05, 0.1) is 5.69 Å². The van der Waals surface area contributed by atoms with Gasteiger partial charge >= 0.3 is 5.63 Å². The minimum absolute atomic E-state index is 0.156. The van der Waals surface area contributed by atoms with E-state index in [1.54, 1.807) is 14.0 Å². The average molecular weight is 142 g/mol. The molecule has 1 rings (SSSR count). The van der Waals surface area contributed by atoms with Crippen LogP contribution in [0.25, 0.3) is 0 Å². The molecule has 2 N–H and O–H groups in total. The number of rotatable bonds is 1. The molecule has 0 amide bonds. The molecule has 0 saturated carbocycles. The van der Waals surface area contributed by atoms with Crippen LogP contribution in [0.3, 0.4) is 0 Å². The van der Waals surface area contributed by atoms with Crippen molar-refractivity contribution in [3.63, 3.8) is 0 Å². The predicted molar refractivity (Wildman–Crippen MR) is 36.6 cm³/mol. The van der Waals surface area contributed by atoms with E-state index in [-0.39, 0.29) is 11.7 Å². The van der Waals surface area contributed by atoms with E-state index in [0.29, 0.717) is 5.69 Å². The molecule has 0 saturated heterocycles. The maximum absolute atomic E-state index is 10.6. The van der Waals surface area contributed by atoms with Gasteiger partial charge in [-0.1, -0.05) is 0 Å². The Balaban J connectivity index is 3.15. The summed E-state index contributed by atoms with van der Waals surface area (Å²) in [4.78, 5) is 10.6. The molecule has 0 radical (unpaired) electrons. The first-order valence-corrected chi connectivity index (χ1v) is 3.04. The third-order valence-electron chi connectivity index (χ3n) is 1.32. The Hall–Kier alpha value is -1.03. The molecule has 56 valence electrons. The summed E-state index contributed by atoms with van der Waals surface area (Å²) in [6, 6.07) is 1.24. The van der Waals surface area contributed by atoms with Crippen LogP contribution in [0.15, 0.2) is 15.4 Å². The quantitative estimate of drug-likeness (QED) is 0.600. The van der Waals surface area contributed by atoms with Crippen molar-refractivity contribution in [1.82, 2.24) is 4.74 Å². The van der Waals surface area contributed by atoms with Crippen LogP contribution in [0.1, 0.15) is 18.7 Å². The lowest BCUT2D eigenvalue weighted by atomic mass is 10.2. The lowest BCUT2D eigenvalue weighted by Crippen LogP contribution is -2.09. The van der Waals surface area contributed by atoms with Gasteiger partial charge in [-0.3, -0.25) is 0 Å². The van der Waals surface area contributed by atoms with Crippen molar-refractivity contribution >= 4 is 0 Å². The van der Waals surface area contributed by atoms with Crippen molar-refractivity contribution in [2.45, 2.75) is 13.0 Å². The number of hydrogen-bond acceptors (Lipinski definition) is 3. The van der Waals surface area contributed by atoms with Gasteiger partial charge in [-0.05, 0) is 6.92 Å². The minimum atomic E-state index is -0.352. The molecule has 1 aromatic rings. The zero-order valence-corrected chi connectivity index (χ0v) is 6.00. The fraction of sp³-hybridized carbons (Fsp3) is 0.500. The zero-order chi connectivity index (χ0) is 7.72. The summed E-state index contributed by atoms with van der Waals surface area (Å²) >= 11 is 0. The molecule has 0 unspecified atom stereocenters. The van der Waals surface area contributed by atoms with Crippen molar-refractivity contribution in [3.8, 4) is 0 Å². The molecule has 10 heavy (non-hydrogen) atoms. The number of nitrogens with two attached hydrogens (primary N) is 1. The summed E-state index contributed by atoms with van der Waals surface area (Å²) in [5, 5.41) is 0. The van der Waals surface area contributed by atoms with E-state index in [1.807, 2.05) is 0 Å². The molecule has 0 bridgehead atoms.